The smallest absolute Gasteiger partial charge is 0.256 e. The summed E-state index contributed by atoms with van der Waals surface area (Å²) in [5.74, 6) is 0.435. The van der Waals surface area contributed by atoms with Crippen LogP contribution in [0.3, 0.4) is 0 Å². The third-order valence-electron chi connectivity index (χ3n) is 5.28. The summed E-state index contributed by atoms with van der Waals surface area (Å²) in [4.78, 5) is 21.6. The maximum absolute atomic E-state index is 13.0. The van der Waals surface area contributed by atoms with Gasteiger partial charge in [-0.25, -0.2) is 4.98 Å². The number of ether oxygens (including phenoxy) is 1. The summed E-state index contributed by atoms with van der Waals surface area (Å²) in [7, 11) is 0. The maximum Gasteiger partial charge on any atom is 0.256 e. The Kier molecular flexibility index (Phi) is 6.55. The minimum Gasteiger partial charge on any atom is -0.396 e. The zero-order chi connectivity index (χ0) is 18.7. The Morgan fingerprint density at radius 3 is 2.62 bits per heavy atom. The number of likely N-dealkylation sites (tertiary alicyclic amines) is 1. The topological polar surface area (TPSA) is 65.9 Å². The highest BCUT2D eigenvalue weighted by atomic mass is 32.2. The highest BCUT2D eigenvalue weighted by molar-refractivity contribution is 7.98. The molecule has 0 aromatic carbocycles. The molecule has 4 atom stereocenters. The van der Waals surface area contributed by atoms with Gasteiger partial charge in [-0.15, -0.1) is 11.8 Å². The summed E-state index contributed by atoms with van der Waals surface area (Å²) >= 11 is 1.49. The molecule has 26 heavy (non-hydrogen) atoms. The van der Waals surface area contributed by atoms with E-state index < -0.39 is 0 Å². The van der Waals surface area contributed by atoms with Gasteiger partial charge >= 0.3 is 0 Å². The van der Waals surface area contributed by atoms with Crippen LogP contribution in [0.15, 0.2) is 23.4 Å². The fourth-order valence-corrected chi connectivity index (χ4v) is 4.71. The van der Waals surface area contributed by atoms with Gasteiger partial charge in [0.2, 0.25) is 0 Å². The van der Waals surface area contributed by atoms with Gasteiger partial charge in [-0.3, -0.25) is 9.69 Å². The van der Waals surface area contributed by atoms with Crippen molar-refractivity contribution in [3.8, 4) is 0 Å². The van der Waals surface area contributed by atoms with E-state index in [0.29, 0.717) is 18.7 Å². The van der Waals surface area contributed by atoms with Gasteiger partial charge in [0.1, 0.15) is 5.03 Å². The third-order valence-corrected chi connectivity index (χ3v) is 5.99. The van der Waals surface area contributed by atoms with E-state index in [9.17, 15) is 9.90 Å². The molecule has 1 N–H and O–H groups in total. The molecule has 6 nitrogen and oxygen atoms in total. The monoisotopic (exact) mass is 379 g/mol. The highest BCUT2D eigenvalue weighted by Gasteiger charge is 2.37. The number of amides is 1. The molecule has 144 valence electrons. The van der Waals surface area contributed by atoms with Gasteiger partial charge in [-0.1, -0.05) is 0 Å². The van der Waals surface area contributed by atoms with Crippen molar-refractivity contribution in [2.75, 3.05) is 45.6 Å². The Balaban J connectivity index is 1.67. The van der Waals surface area contributed by atoms with Crippen molar-refractivity contribution >= 4 is 17.7 Å². The van der Waals surface area contributed by atoms with Crippen molar-refractivity contribution in [1.82, 2.24) is 14.8 Å². The van der Waals surface area contributed by atoms with Gasteiger partial charge < -0.3 is 14.7 Å². The molecule has 2 fully saturated rings. The Bertz CT molecular complexity index is 620. The van der Waals surface area contributed by atoms with E-state index >= 15 is 0 Å². The van der Waals surface area contributed by atoms with Crippen molar-refractivity contribution < 1.29 is 14.6 Å². The van der Waals surface area contributed by atoms with Gasteiger partial charge in [0, 0.05) is 51.4 Å². The van der Waals surface area contributed by atoms with Crippen LogP contribution in [0, 0.1) is 11.8 Å². The van der Waals surface area contributed by atoms with Crippen LogP contribution in [0.4, 0.5) is 0 Å². The van der Waals surface area contributed by atoms with Crippen LogP contribution in [0.1, 0.15) is 24.2 Å². The standard InChI is InChI=1S/C19H29N3O3S/c1-13-7-21(8-14(2)25-13)9-15-10-22(11-16(15)12-23)19(24)17-5-4-6-20-18(17)26-3/h4-6,13-16,23H,7-12H2,1-3H3/t13-,14+,15-,16-/m1/s1. The molecule has 0 unspecified atom stereocenters. The van der Waals surface area contributed by atoms with Crippen LogP contribution in [-0.2, 0) is 4.74 Å². The minimum atomic E-state index is 0.0205. The summed E-state index contributed by atoms with van der Waals surface area (Å²) in [5.41, 5.74) is 0.658. The number of carbonyl (C=O) groups excluding carboxylic acids is 1. The second-order valence-electron chi connectivity index (χ2n) is 7.45. The molecule has 7 heteroatoms. The summed E-state index contributed by atoms with van der Waals surface area (Å²) in [6, 6.07) is 3.65. The number of pyridine rings is 1. The van der Waals surface area contributed by atoms with E-state index in [0.717, 1.165) is 24.7 Å². The number of aromatic nitrogens is 1. The fraction of sp³-hybridized carbons (Fsp3) is 0.684. The molecule has 2 aliphatic heterocycles. The van der Waals surface area contributed by atoms with E-state index in [4.69, 9.17) is 4.74 Å². The first-order valence-electron chi connectivity index (χ1n) is 9.28. The van der Waals surface area contributed by atoms with E-state index in [-0.39, 0.29) is 36.6 Å². The average molecular weight is 380 g/mol. The molecule has 1 amide bonds. The number of nitrogens with zero attached hydrogens (tertiary/aromatic N) is 3. The van der Waals surface area contributed by atoms with Crippen LogP contribution < -0.4 is 0 Å². The number of rotatable bonds is 5. The van der Waals surface area contributed by atoms with E-state index in [1.165, 1.54) is 11.8 Å². The number of thioether (sulfide) groups is 1. The number of morpholine rings is 1. The van der Waals surface area contributed by atoms with Gasteiger partial charge in [0.25, 0.3) is 5.91 Å². The van der Waals surface area contributed by atoms with Crippen molar-refractivity contribution in [2.24, 2.45) is 11.8 Å². The lowest BCUT2D eigenvalue weighted by molar-refractivity contribution is -0.0726. The Morgan fingerprint density at radius 1 is 1.27 bits per heavy atom. The fourth-order valence-electron chi connectivity index (χ4n) is 4.17. The Morgan fingerprint density at radius 2 is 1.96 bits per heavy atom. The number of aliphatic hydroxyl groups is 1. The second-order valence-corrected chi connectivity index (χ2v) is 8.24. The van der Waals surface area contributed by atoms with E-state index in [2.05, 4.69) is 23.7 Å². The number of aliphatic hydroxyl groups excluding tert-OH is 1. The van der Waals surface area contributed by atoms with Crippen LogP contribution in [-0.4, -0.2) is 83.6 Å². The van der Waals surface area contributed by atoms with Crippen molar-refractivity contribution in [2.45, 2.75) is 31.1 Å². The largest absolute Gasteiger partial charge is 0.396 e. The first-order chi connectivity index (χ1) is 12.5. The first-order valence-corrected chi connectivity index (χ1v) is 10.5. The maximum atomic E-state index is 13.0. The van der Waals surface area contributed by atoms with Crippen LogP contribution in [0.2, 0.25) is 0 Å². The summed E-state index contributed by atoms with van der Waals surface area (Å²) in [5, 5.41) is 10.6. The summed E-state index contributed by atoms with van der Waals surface area (Å²) in [6.07, 6.45) is 4.10. The molecule has 1 aromatic heterocycles. The van der Waals surface area contributed by atoms with Crippen LogP contribution >= 0.6 is 11.8 Å². The predicted octanol–water partition coefficient (Wildman–Crippen LogP) is 1.59. The first kappa shape index (κ1) is 19.6. The van der Waals surface area contributed by atoms with Gasteiger partial charge in [0.15, 0.2) is 0 Å². The zero-order valence-electron chi connectivity index (χ0n) is 15.8. The van der Waals surface area contributed by atoms with Crippen molar-refractivity contribution in [1.29, 1.82) is 0 Å². The molecule has 1 aromatic rings. The lowest BCUT2D eigenvalue weighted by Crippen LogP contribution is -2.48. The van der Waals surface area contributed by atoms with Gasteiger partial charge in [-0.05, 0) is 38.2 Å². The quantitative estimate of drug-likeness (QED) is 0.784. The minimum absolute atomic E-state index is 0.0205. The molecule has 0 aliphatic carbocycles. The van der Waals surface area contributed by atoms with Crippen LogP contribution in [0.25, 0.3) is 0 Å². The molecule has 0 saturated carbocycles. The lowest BCUT2D eigenvalue weighted by atomic mass is 9.96. The number of carbonyl (C=O) groups is 1. The Labute approximate surface area is 159 Å². The summed E-state index contributed by atoms with van der Waals surface area (Å²) in [6.45, 7) is 8.33. The van der Waals surface area contributed by atoms with Gasteiger partial charge in [-0.2, -0.15) is 0 Å². The molecule has 0 radical (unpaired) electrons. The molecule has 2 aliphatic rings. The Hall–Kier alpha value is -1.15. The van der Waals surface area contributed by atoms with E-state index in [1.807, 2.05) is 17.2 Å². The highest BCUT2D eigenvalue weighted by Crippen LogP contribution is 2.28. The third kappa shape index (κ3) is 4.39. The number of hydrogen-bond donors (Lipinski definition) is 1. The zero-order valence-corrected chi connectivity index (χ0v) is 16.6. The molecule has 3 rings (SSSR count). The van der Waals surface area contributed by atoms with Crippen LogP contribution in [0.5, 0.6) is 0 Å². The number of hydrogen-bond acceptors (Lipinski definition) is 6. The average Bonchev–Trinajstić information content (AvgIpc) is 3.03. The van der Waals surface area contributed by atoms with Crippen molar-refractivity contribution in [3.63, 3.8) is 0 Å². The molecule has 2 saturated heterocycles. The summed E-state index contributed by atoms with van der Waals surface area (Å²) < 4.78 is 5.81. The molecular formula is C19H29N3O3S. The molecular weight excluding hydrogens is 350 g/mol. The SMILES string of the molecule is CSc1ncccc1C(=O)N1C[C@@H](CN2C[C@@H](C)O[C@@H](C)C2)[C@@H](CO)C1. The lowest BCUT2D eigenvalue weighted by Gasteiger charge is -2.37. The molecule has 3 heterocycles. The molecule has 0 spiro atoms. The normalized spacial score (nSPS) is 29.9. The predicted molar refractivity (Wildman–Crippen MR) is 102 cm³/mol. The second kappa shape index (κ2) is 8.69. The molecule has 0 bridgehead atoms. The van der Waals surface area contributed by atoms with E-state index in [1.54, 1.807) is 12.3 Å². The van der Waals surface area contributed by atoms with Gasteiger partial charge in [0.05, 0.1) is 17.8 Å². The van der Waals surface area contributed by atoms with Crippen molar-refractivity contribution in [3.05, 3.63) is 23.9 Å².